The fraction of sp³-hybridized carbons (Fsp3) is 0.500. The van der Waals surface area contributed by atoms with Gasteiger partial charge in [0, 0.05) is 18.5 Å². The number of benzene rings is 1. The summed E-state index contributed by atoms with van der Waals surface area (Å²) in [7, 11) is 1.80. The third-order valence-electron chi connectivity index (χ3n) is 2.50. The summed E-state index contributed by atoms with van der Waals surface area (Å²) in [6, 6.07) is 7.25. The number of rotatable bonds is 6. The molecule has 0 aliphatic heterocycles. The second kappa shape index (κ2) is 7.27. The maximum atomic E-state index is 11.7. The van der Waals surface area contributed by atoms with Crippen LogP contribution in [0, 0.1) is 5.92 Å². The highest BCUT2D eigenvalue weighted by Gasteiger charge is 2.10. The largest absolute Gasteiger partial charge is 0.492 e. The third-order valence-corrected chi connectivity index (χ3v) is 2.74. The Labute approximate surface area is 114 Å². The summed E-state index contributed by atoms with van der Waals surface area (Å²) in [5, 5.41) is 0.650. The van der Waals surface area contributed by atoms with Crippen LogP contribution in [0.1, 0.15) is 20.3 Å². The average Bonchev–Trinajstić information content (AvgIpc) is 2.28. The first-order chi connectivity index (χ1) is 8.49. The predicted molar refractivity (Wildman–Crippen MR) is 74.0 cm³/mol. The van der Waals surface area contributed by atoms with E-state index in [1.54, 1.807) is 24.1 Å². The van der Waals surface area contributed by atoms with Gasteiger partial charge < -0.3 is 9.64 Å². The van der Waals surface area contributed by atoms with Crippen molar-refractivity contribution >= 4 is 17.5 Å². The molecule has 3 nitrogen and oxygen atoms in total. The Bertz CT molecular complexity index is 393. The summed E-state index contributed by atoms with van der Waals surface area (Å²) in [5.74, 6) is 1.26. The lowest BCUT2D eigenvalue weighted by Crippen LogP contribution is -2.31. The Balaban J connectivity index is 2.31. The minimum atomic E-state index is 0.152. The Morgan fingerprint density at radius 1 is 1.44 bits per heavy atom. The van der Waals surface area contributed by atoms with E-state index in [2.05, 4.69) is 0 Å². The number of hydrogen-bond donors (Lipinski definition) is 0. The van der Waals surface area contributed by atoms with Crippen molar-refractivity contribution in [3.63, 3.8) is 0 Å². The highest BCUT2D eigenvalue weighted by Crippen LogP contribution is 2.16. The van der Waals surface area contributed by atoms with E-state index < -0.39 is 0 Å². The molecule has 1 amide bonds. The van der Waals surface area contributed by atoms with Crippen LogP contribution in [-0.4, -0.2) is 31.0 Å². The van der Waals surface area contributed by atoms with Crippen LogP contribution in [0.4, 0.5) is 0 Å². The number of nitrogens with zero attached hydrogens (tertiary/aromatic N) is 1. The summed E-state index contributed by atoms with van der Waals surface area (Å²) < 4.78 is 5.53. The van der Waals surface area contributed by atoms with E-state index in [9.17, 15) is 4.79 Å². The molecule has 0 unspecified atom stereocenters. The molecule has 0 saturated carbocycles. The van der Waals surface area contributed by atoms with Gasteiger partial charge >= 0.3 is 0 Å². The van der Waals surface area contributed by atoms with Crippen molar-refractivity contribution in [1.29, 1.82) is 0 Å². The van der Waals surface area contributed by atoms with Gasteiger partial charge in [-0.05, 0) is 24.1 Å². The lowest BCUT2D eigenvalue weighted by atomic mass is 10.1. The maximum Gasteiger partial charge on any atom is 0.222 e. The van der Waals surface area contributed by atoms with E-state index >= 15 is 0 Å². The standard InChI is InChI=1S/C14H20ClNO2/c1-11(2)9-14(17)16(3)7-8-18-13-6-4-5-12(15)10-13/h4-6,10-11H,7-9H2,1-3H3. The number of carbonyl (C=O) groups is 1. The fourth-order valence-corrected chi connectivity index (χ4v) is 1.67. The molecule has 0 aliphatic rings. The van der Waals surface area contributed by atoms with Crippen LogP contribution >= 0.6 is 11.6 Å². The molecule has 0 heterocycles. The Morgan fingerprint density at radius 3 is 2.78 bits per heavy atom. The van der Waals surface area contributed by atoms with Crippen LogP contribution < -0.4 is 4.74 Å². The van der Waals surface area contributed by atoms with Gasteiger partial charge in [-0.2, -0.15) is 0 Å². The van der Waals surface area contributed by atoms with Gasteiger partial charge in [0.2, 0.25) is 5.91 Å². The Morgan fingerprint density at radius 2 is 2.17 bits per heavy atom. The minimum absolute atomic E-state index is 0.152. The zero-order valence-electron chi connectivity index (χ0n) is 11.1. The van der Waals surface area contributed by atoms with Crippen molar-refractivity contribution in [2.45, 2.75) is 20.3 Å². The van der Waals surface area contributed by atoms with Crippen molar-refractivity contribution in [1.82, 2.24) is 4.90 Å². The minimum Gasteiger partial charge on any atom is -0.492 e. The van der Waals surface area contributed by atoms with Gasteiger partial charge in [-0.15, -0.1) is 0 Å². The van der Waals surface area contributed by atoms with E-state index in [1.165, 1.54) is 0 Å². The molecule has 1 aromatic carbocycles. The number of hydrogen-bond acceptors (Lipinski definition) is 2. The molecule has 0 aliphatic carbocycles. The molecule has 0 saturated heterocycles. The molecule has 0 bridgehead atoms. The molecular formula is C14H20ClNO2. The Kier molecular flexibility index (Phi) is 5.99. The molecule has 0 atom stereocenters. The molecule has 18 heavy (non-hydrogen) atoms. The van der Waals surface area contributed by atoms with Crippen LogP contribution in [0.5, 0.6) is 5.75 Å². The monoisotopic (exact) mass is 269 g/mol. The van der Waals surface area contributed by atoms with Crippen LogP contribution in [0.25, 0.3) is 0 Å². The lowest BCUT2D eigenvalue weighted by Gasteiger charge is -2.18. The number of amides is 1. The second-order valence-electron chi connectivity index (χ2n) is 4.72. The van der Waals surface area contributed by atoms with Gasteiger partial charge in [-0.25, -0.2) is 0 Å². The highest BCUT2D eigenvalue weighted by atomic mass is 35.5. The van der Waals surface area contributed by atoms with E-state index in [1.807, 2.05) is 26.0 Å². The molecule has 1 rings (SSSR count). The summed E-state index contributed by atoms with van der Waals surface area (Å²) in [6.45, 7) is 5.13. The lowest BCUT2D eigenvalue weighted by molar-refractivity contribution is -0.130. The van der Waals surface area contributed by atoms with Crippen molar-refractivity contribution in [3.05, 3.63) is 29.3 Å². The topological polar surface area (TPSA) is 29.5 Å². The highest BCUT2D eigenvalue weighted by molar-refractivity contribution is 6.30. The number of likely N-dealkylation sites (N-methyl/N-ethyl adjacent to an activating group) is 1. The van der Waals surface area contributed by atoms with E-state index in [0.29, 0.717) is 30.5 Å². The van der Waals surface area contributed by atoms with Crippen molar-refractivity contribution in [2.24, 2.45) is 5.92 Å². The first kappa shape index (κ1) is 14.8. The van der Waals surface area contributed by atoms with Gasteiger partial charge in [-0.1, -0.05) is 31.5 Å². The fourth-order valence-electron chi connectivity index (χ4n) is 1.49. The zero-order valence-corrected chi connectivity index (χ0v) is 11.9. The molecule has 0 spiro atoms. The zero-order chi connectivity index (χ0) is 13.5. The molecule has 0 radical (unpaired) electrons. The van der Waals surface area contributed by atoms with E-state index in [0.717, 1.165) is 5.75 Å². The average molecular weight is 270 g/mol. The summed E-state index contributed by atoms with van der Waals surface area (Å²) in [5.41, 5.74) is 0. The summed E-state index contributed by atoms with van der Waals surface area (Å²) in [4.78, 5) is 13.4. The predicted octanol–water partition coefficient (Wildman–Crippen LogP) is 3.22. The van der Waals surface area contributed by atoms with Gasteiger partial charge in [0.25, 0.3) is 0 Å². The maximum absolute atomic E-state index is 11.7. The quantitative estimate of drug-likeness (QED) is 0.794. The molecule has 4 heteroatoms. The van der Waals surface area contributed by atoms with Crippen LogP contribution in [0.3, 0.4) is 0 Å². The molecule has 0 N–H and O–H groups in total. The van der Waals surface area contributed by atoms with E-state index in [-0.39, 0.29) is 5.91 Å². The SMILES string of the molecule is CC(C)CC(=O)N(C)CCOc1cccc(Cl)c1. The molecule has 100 valence electrons. The normalized spacial score (nSPS) is 10.5. The van der Waals surface area contributed by atoms with E-state index in [4.69, 9.17) is 16.3 Å². The number of carbonyl (C=O) groups excluding carboxylic acids is 1. The third kappa shape index (κ3) is 5.41. The number of halogens is 1. The van der Waals surface area contributed by atoms with Gasteiger partial charge in [0.15, 0.2) is 0 Å². The molecule has 0 fully saturated rings. The smallest absolute Gasteiger partial charge is 0.222 e. The van der Waals surface area contributed by atoms with Crippen molar-refractivity contribution < 1.29 is 9.53 Å². The van der Waals surface area contributed by atoms with Crippen LogP contribution in [0.2, 0.25) is 5.02 Å². The van der Waals surface area contributed by atoms with Crippen molar-refractivity contribution in [3.8, 4) is 5.75 Å². The van der Waals surface area contributed by atoms with Crippen LogP contribution in [0.15, 0.2) is 24.3 Å². The van der Waals surface area contributed by atoms with Gasteiger partial charge in [-0.3, -0.25) is 4.79 Å². The molecule has 0 aromatic heterocycles. The summed E-state index contributed by atoms with van der Waals surface area (Å²) in [6.07, 6.45) is 0.577. The van der Waals surface area contributed by atoms with Crippen LogP contribution in [-0.2, 0) is 4.79 Å². The van der Waals surface area contributed by atoms with Gasteiger partial charge in [0.1, 0.15) is 12.4 Å². The molecular weight excluding hydrogens is 250 g/mol. The van der Waals surface area contributed by atoms with Crippen molar-refractivity contribution in [2.75, 3.05) is 20.2 Å². The molecule has 1 aromatic rings. The summed E-state index contributed by atoms with van der Waals surface area (Å²) >= 11 is 5.85. The number of ether oxygens (including phenoxy) is 1. The van der Waals surface area contributed by atoms with Gasteiger partial charge in [0.05, 0.1) is 6.54 Å². The Hall–Kier alpha value is -1.22. The first-order valence-corrected chi connectivity index (χ1v) is 6.49. The second-order valence-corrected chi connectivity index (χ2v) is 5.16. The first-order valence-electron chi connectivity index (χ1n) is 6.11.